The van der Waals surface area contributed by atoms with E-state index in [-0.39, 0.29) is 0 Å². The number of hydrogen-bond acceptors (Lipinski definition) is 2. The molecule has 2 nitrogen and oxygen atoms in total. The Morgan fingerprint density at radius 2 is 2.00 bits per heavy atom. The first-order valence-electron chi connectivity index (χ1n) is 5.77. The van der Waals surface area contributed by atoms with Gasteiger partial charge in [-0.3, -0.25) is 4.90 Å². The van der Waals surface area contributed by atoms with Crippen LogP contribution >= 0.6 is 0 Å². The average Bonchev–Trinajstić information content (AvgIpc) is 2.75. The van der Waals surface area contributed by atoms with E-state index in [9.17, 15) is 0 Å². The minimum Gasteiger partial charge on any atom is -0.330 e. The first-order chi connectivity index (χ1) is 6.33. The lowest BCUT2D eigenvalue weighted by molar-refractivity contribution is 0.0216. The van der Waals surface area contributed by atoms with Gasteiger partial charge in [0.05, 0.1) is 0 Å². The van der Waals surface area contributed by atoms with Gasteiger partial charge in [0, 0.05) is 19.1 Å². The first kappa shape index (κ1) is 8.25. The van der Waals surface area contributed by atoms with Gasteiger partial charge in [-0.2, -0.15) is 0 Å². The van der Waals surface area contributed by atoms with E-state index in [4.69, 9.17) is 5.73 Å². The Bertz CT molecular complexity index is 202. The molecule has 74 valence electrons. The molecule has 2 heteroatoms. The molecule has 1 saturated heterocycles. The summed E-state index contributed by atoms with van der Waals surface area (Å²) < 4.78 is 0. The molecule has 2 atom stereocenters. The number of rotatable bonds is 2. The highest BCUT2D eigenvalue weighted by Crippen LogP contribution is 2.54. The van der Waals surface area contributed by atoms with Gasteiger partial charge in [-0.1, -0.05) is 6.42 Å². The number of nitrogens with two attached hydrogens (primary N) is 1. The van der Waals surface area contributed by atoms with Crippen LogP contribution in [0.3, 0.4) is 0 Å². The van der Waals surface area contributed by atoms with Gasteiger partial charge in [-0.15, -0.1) is 0 Å². The average molecular weight is 180 g/mol. The van der Waals surface area contributed by atoms with Gasteiger partial charge in [0.15, 0.2) is 0 Å². The minimum atomic E-state index is 0.816. The Hall–Kier alpha value is -0.0800. The van der Waals surface area contributed by atoms with E-state index in [1.165, 1.54) is 45.2 Å². The second kappa shape index (κ2) is 2.71. The summed E-state index contributed by atoms with van der Waals surface area (Å²) >= 11 is 0. The van der Waals surface area contributed by atoms with Crippen molar-refractivity contribution in [3.8, 4) is 0 Å². The molecule has 0 aromatic rings. The van der Waals surface area contributed by atoms with Crippen LogP contribution in [0.1, 0.15) is 32.1 Å². The zero-order chi connectivity index (χ0) is 8.89. The molecule has 3 rings (SSSR count). The molecule has 2 N–H and O–H groups in total. The van der Waals surface area contributed by atoms with Crippen molar-refractivity contribution >= 4 is 0 Å². The van der Waals surface area contributed by atoms with Crippen molar-refractivity contribution in [1.82, 2.24) is 4.90 Å². The van der Waals surface area contributed by atoms with E-state index < -0.39 is 0 Å². The third kappa shape index (κ3) is 1.23. The van der Waals surface area contributed by atoms with Gasteiger partial charge in [0.25, 0.3) is 0 Å². The van der Waals surface area contributed by atoms with Crippen molar-refractivity contribution in [2.75, 3.05) is 19.6 Å². The van der Waals surface area contributed by atoms with Gasteiger partial charge < -0.3 is 5.73 Å². The second-order valence-corrected chi connectivity index (χ2v) is 5.40. The van der Waals surface area contributed by atoms with Crippen LogP contribution in [0, 0.1) is 11.3 Å². The summed E-state index contributed by atoms with van der Waals surface area (Å²) in [6.45, 7) is 3.70. The molecule has 1 aliphatic heterocycles. The van der Waals surface area contributed by atoms with Crippen molar-refractivity contribution in [1.29, 1.82) is 0 Å². The van der Waals surface area contributed by atoms with Crippen LogP contribution in [0.4, 0.5) is 0 Å². The zero-order valence-electron chi connectivity index (χ0n) is 8.34. The van der Waals surface area contributed by atoms with E-state index in [2.05, 4.69) is 4.90 Å². The third-order valence-electron chi connectivity index (χ3n) is 4.42. The molecule has 0 aromatic carbocycles. The summed E-state index contributed by atoms with van der Waals surface area (Å²) in [5.74, 6) is 0.816. The predicted molar refractivity (Wildman–Crippen MR) is 53.4 cm³/mol. The second-order valence-electron chi connectivity index (χ2n) is 5.40. The Morgan fingerprint density at radius 1 is 1.23 bits per heavy atom. The minimum absolute atomic E-state index is 0.816. The van der Waals surface area contributed by atoms with E-state index in [0.717, 1.165) is 23.9 Å². The lowest BCUT2D eigenvalue weighted by atomic mass is 9.91. The number of likely N-dealkylation sites (tertiary alicyclic amines) is 1. The smallest absolute Gasteiger partial charge is 0.0136 e. The molecule has 3 fully saturated rings. The molecule has 0 radical (unpaired) electrons. The largest absolute Gasteiger partial charge is 0.330 e. The molecule has 1 spiro atoms. The van der Waals surface area contributed by atoms with Crippen molar-refractivity contribution in [3.05, 3.63) is 0 Å². The summed E-state index contributed by atoms with van der Waals surface area (Å²) in [6.07, 6.45) is 7.21. The lowest BCUT2D eigenvalue weighted by Gasteiger charge is -2.46. The van der Waals surface area contributed by atoms with Gasteiger partial charge in [-0.05, 0) is 43.6 Å². The Balaban J connectivity index is 1.59. The Labute approximate surface area is 80.5 Å². The Morgan fingerprint density at radius 3 is 2.62 bits per heavy atom. The monoisotopic (exact) mass is 180 g/mol. The van der Waals surface area contributed by atoms with E-state index >= 15 is 0 Å². The molecule has 0 bridgehead atoms. The molecule has 1 heterocycles. The predicted octanol–water partition coefficient (Wildman–Crippen LogP) is 1.21. The maximum atomic E-state index is 5.80. The molecule has 2 saturated carbocycles. The van der Waals surface area contributed by atoms with Crippen molar-refractivity contribution in [3.63, 3.8) is 0 Å². The van der Waals surface area contributed by atoms with Gasteiger partial charge in [0.1, 0.15) is 0 Å². The van der Waals surface area contributed by atoms with Crippen LogP contribution in [-0.4, -0.2) is 30.6 Å². The van der Waals surface area contributed by atoms with Crippen molar-refractivity contribution in [2.45, 2.75) is 38.1 Å². The molecule has 3 aliphatic rings. The molecule has 2 aliphatic carbocycles. The fourth-order valence-electron chi connectivity index (χ4n) is 3.32. The maximum absolute atomic E-state index is 5.80. The third-order valence-corrected chi connectivity index (χ3v) is 4.42. The fraction of sp³-hybridized carbons (Fsp3) is 1.00. The normalized spacial score (nSPS) is 42.2. The summed E-state index contributed by atoms with van der Waals surface area (Å²) in [7, 11) is 0. The lowest BCUT2D eigenvalue weighted by Crippen LogP contribution is -2.55. The topological polar surface area (TPSA) is 29.3 Å². The fourth-order valence-corrected chi connectivity index (χ4v) is 3.32. The van der Waals surface area contributed by atoms with Gasteiger partial charge in [0.2, 0.25) is 0 Å². The molecule has 0 aromatic heterocycles. The summed E-state index contributed by atoms with van der Waals surface area (Å²) in [4.78, 5) is 2.71. The summed E-state index contributed by atoms with van der Waals surface area (Å²) in [6, 6.07) is 0.858. The zero-order valence-corrected chi connectivity index (χ0v) is 8.34. The number of nitrogens with zero attached hydrogens (tertiary/aromatic N) is 1. The van der Waals surface area contributed by atoms with E-state index in [1.807, 2.05) is 0 Å². The van der Waals surface area contributed by atoms with Crippen LogP contribution < -0.4 is 5.73 Å². The van der Waals surface area contributed by atoms with Crippen LogP contribution in [0.5, 0.6) is 0 Å². The SMILES string of the molecule is NCC1CCCC1N1CC2(CC2)C1. The van der Waals surface area contributed by atoms with Crippen molar-refractivity contribution in [2.24, 2.45) is 17.1 Å². The molecular weight excluding hydrogens is 160 g/mol. The Kier molecular flexibility index (Phi) is 1.72. The van der Waals surface area contributed by atoms with Crippen LogP contribution in [0.15, 0.2) is 0 Å². The first-order valence-corrected chi connectivity index (χ1v) is 5.77. The quantitative estimate of drug-likeness (QED) is 0.692. The van der Waals surface area contributed by atoms with Crippen LogP contribution in [0.25, 0.3) is 0 Å². The standard InChI is InChI=1S/C11H20N2/c12-6-9-2-1-3-10(9)13-7-11(8-13)4-5-11/h9-10H,1-8,12H2. The highest BCUT2D eigenvalue weighted by molar-refractivity contribution is 5.08. The number of hydrogen-bond donors (Lipinski definition) is 1. The van der Waals surface area contributed by atoms with Crippen LogP contribution in [0.2, 0.25) is 0 Å². The highest BCUT2D eigenvalue weighted by atomic mass is 15.3. The van der Waals surface area contributed by atoms with Gasteiger partial charge in [-0.25, -0.2) is 0 Å². The summed E-state index contributed by atoms with van der Waals surface area (Å²) in [5.41, 5.74) is 6.62. The highest BCUT2D eigenvalue weighted by Gasteiger charge is 2.54. The summed E-state index contributed by atoms with van der Waals surface area (Å²) in [5, 5.41) is 0. The van der Waals surface area contributed by atoms with E-state index in [1.54, 1.807) is 0 Å². The molecule has 0 amide bonds. The van der Waals surface area contributed by atoms with Crippen molar-refractivity contribution < 1.29 is 0 Å². The van der Waals surface area contributed by atoms with Crippen LogP contribution in [-0.2, 0) is 0 Å². The van der Waals surface area contributed by atoms with E-state index in [0.29, 0.717) is 0 Å². The molecule has 13 heavy (non-hydrogen) atoms. The maximum Gasteiger partial charge on any atom is 0.0136 e. The molecular formula is C11H20N2. The molecule has 2 unspecified atom stereocenters. The van der Waals surface area contributed by atoms with Gasteiger partial charge >= 0.3 is 0 Å².